The highest BCUT2D eigenvalue weighted by Gasteiger charge is 2.22. The summed E-state index contributed by atoms with van der Waals surface area (Å²) in [6, 6.07) is 18.6. The maximum atomic E-state index is 12.5. The normalized spacial score (nSPS) is 11.1. The summed E-state index contributed by atoms with van der Waals surface area (Å²) >= 11 is 0. The molecule has 0 aliphatic carbocycles. The molecule has 7 heteroatoms. The van der Waals surface area contributed by atoms with Crippen LogP contribution in [-0.4, -0.2) is 25.9 Å². The molecule has 0 aliphatic heterocycles. The minimum absolute atomic E-state index is 0.000721. The van der Waals surface area contributed by atoms with Crippen LogP contribution in [0.25, 0.3) is 0 Å². The third-order valence-corrected chi connectivity index (χ3v) is 5.90. The van der Waals surface area contributed by atoms with Gasteiger partial charge >= 0.3 is 0 Å². The first-order valence-electron chi connectivity index (χ1n) is 9.00. The highest BCUT2D eigenvalue weighted by molar-refractivity contribution is 7.92. The minimum Gasteiger partial charge on any atom is -0.321 e. The number of carbonyl (C=O) groups excluding carboxylic acids is 2. The molecule has 1 amide bonds. The van der Waals surface area contributed by atoms with Crippen LogP contribution in [0.4, 0.5) is 5.69 Å². The van der Waals surface area contributed by atoms with Crippen LogP contribution in [0, 0.1) is 6.92 Å². The number of nitrogens with one attached hydrogen (secondary N) is 1. The van der Waals surface area contributed by atoms with Gasteiger partial charge < -0.3 is 5.32 Å². The van der Waals surface area contributed by atoms with Gasteiger partial charge in [-0.2, -0.15) is 4.57 Å². The Labute approximate surface area is 169 Å². The van der Waals surface area contributed by atoms with Crippen molar-refractivity contribution in [2.45, 2.75) is 18.4 Å². The zero-order valence-electron chi connectivity index (χ0n) is 15.9. The summed E-state index contributed by atoms with van der Waals surface area (Å²) in [4.78, 5) is 24.8. The van der Waals surface area contributed by atoms with E-state index in [-0.39, 0.29) is 22.9 Å². The Morgan fingerprint density at radius 2 is 1.62 bits per heavy atom. The van der Waals surface area contributed by atoms with Gasteiger partial charge in [-0.3, -0.25) is 9.59 Å². The highest BCUT2D eigenvalue weighted by Crippen LogP contribution is 2.14. The van der Waals surface area contributed by atoms with Crippen molar-refractivity contribution < 1.29 is 22.6 Å². The lowest BCUT2D eigenvalue weighted by atomic mass is 10.2. The summed E-state index contributed by atoms with van der Waals surface area (Å²) in [5.74, 6) is -1.41. The first-order chi connectivity index (χ1) is 13.8. The quantitative estimate of drug-likeness (QED) is 0.480. The van der Waals surface area contributed by atoms with Crippen LogP contribution in [0.1, 0.15) is 15.9 Å². The van der Waals surface area contributed by atoms with Gasteiger partial charge in [-0.15, -0.1) is 0 Å². The van der Waals surface area contributed by atoms with E-state index in [9.17, 15) is 18.0 Å². The summed E-state index contributed by atoms with van der Waals surface area (Å²) < 4.78 is 26.5. The molecule has 2 aromatic carbocycles. The minimum atomic E-state index is -3.74. The first kappa shape index (κ1) is 20.4. The average molecular weight is 409 g/mol. The number of para-hydroxylation sites is 1. The van der Waals surface area contributed by atoms with Gasteiger partial charge in [0.05, 0.1) is 10.5 Å². The Hall–Kier alpha value is -3.32. The van der Waals surface area contributed by atoms with E-state index in [1.165, 1.54) is 18.3 Å². The van der Waals surface area contributed by atoms with Gasteiger partial charge in [-0.1, -0.05) is 35.9 Å². The number of anilines is 1. The number of aromatic nitrogens is 1. The molecule has 29 heavy (non-hydrogen) atoms. The van der Waals surface area contributed by atoms with Gasteiger partial charge in [0.15, 0.2) is 28.0 Å². The largest absolute Gasteiger partial charge is 0.321 e. The number of ketones is 1. The fourth-order valence-electron chi connectivity index (χ4n) is 2.76. The molecule has 0 bridgehead atoms. The van der Waals surface area contributed by atoms with E-state index in [1.807, 2.05) is 25.1 Å². The molecule has 1 aromatic heterocycles. The number of carbonyl (C=O) groups is 2. The summed E-state index contributed by atoms with van der Waals surface area (Å²) in [7, 11) is -3.74. The van der Waals surface area contributed by atoms with Crippen molar-refractivity contribution >= 4 is 27.2 Å². The third kappa shape index (κ3) is 5.58. The van der Waals surface area contributed by atoms with E-state index in [2.05, 4.69) is 5.32 Å². The molecular weight excluding hydrogens is 388 g/mol. The molecule has 1 heterocycles. The van der Waals surface area contributed by atoms with Gasteiger partial charge in [0, 0.05) is 11.8 Å². The number of rotatable bonds is 7. The fraction of sp³-hybridized carbons (Fsp3) is 0.136. The van der Waals surface area contributed by atoms with Crippen LogP contribution in [0.3, 0.4) is 0 Å². The summed E-state index contributed by atoms with van der Waals surface area (Å²) in [6.45, 7) is 1.86. The van der Waals surface area contributed by atoms with Crippen LogP contribution in [0.15, 0.2) is 84.0 Å². The van der Waals surface area contributed by atoms with Crippen LogP contribution in [-0.2, 0) is 21.2 Å². The van der Waals surface area contributed by atoms with E-state index >= 15 is 0 Å². The van der Waals surface area contributed by atoms with Gasteiger partial charge in [0.25, 0.3) is 5.91 Å². The average Bonchev–Trinajstić information content (AvgIpc) is 2.69. The number of aryl methyl sites for hydroxylation is 1. The number of Topliss-reactive ketones (excluding diaryl/α,β-unsaturated/α-hetero) is 1. The topological polar surface area (TPSA) is 84.2 Å². The van der Waals surface area contributed by atoms with Crippen LogP contribution in [0.5, 0.6) is 0 Å². The Morgan fingerprint density at radius 3 is 2.31 bits per heavy atom. The molecule has 0 spiro atoms. The fourth-order valence-corrected chi connectivity index (χ4v) is 3.99. The molecule has 0 fully saturated rings. The number of benzene rings is 2. The summed E-state index contributed by atoms with van der Waals surface area (Å²) in [6.07, 6.45) is 3.13. The van der Waals surface area contributed by atoms with Crippen molar-refractivity contribution in [2.75, 3.05) is 11.1 Å². The molecule has 0 aliphatic rings. The standard InChI is InChI=1S/C22H20N2O4S/c1-17-9-11-20(12-10-17)29(27,28)16-21(25)18-6-5-13-24(14-18)15-22(26)23-19-7-3-2-4-8-19/h2-14H,15-16H2,1H3/p+1. The molecule has 0 unspecified atom stereocenters. The molecule has 3 rings (SSSR count). The van der Waals surface area contributed by atoms with Crippen LogP contribution >= 0.6 is 0 Å². The first-order valence-corrected chi connectivity index (χ1v) is 10.7. The van der Waals surface area contributed by atoms with E-state index in [4.69, 9.17) is 0 Å². The predicted octanol–water partition coefficient (Wildman–Crippen LogP) is 2.58. The number of pyridine rings is 1. The zero-order valence-corrected chi connectivity index (χ0v) is 16.7. The summed E-state index contributed by atoms with van der Waals surface area (Å²) in [5, 5.41) is 2.76. The molecular formula is C22H21N2O4S+. The summed E-state index contributed by atoms with van der Waals surface area (Å²) in [5.41, 5.74) is 1.85. The molecule has 0 atom stereocenters. The molecule has 0 saturated heterocycles. The van der Waals surface area contributed by atoms with Crippen molar-refractivity contribution in [3.05, 3.63) is 90.3 Å². The molecule has 0 saturated carbocycles. The molecule has 6 nitrogen and oxygen atoms in total. The smallest absolute Gasteiger partial charge is 0.290 e. The van der Waals surface area contributed by atoms with Gasteiger partial charge in [-0.05, 0) is 37.3 Å². The number of hydrogen-bond donors (Lipinski definition) is 1. The molecule has 1 N–H and O–H groups in total. The lowest BCUT2D eigenvalue weighted by molar-refractivity contribution is -0.684. The predicted molar refractivity (Wildman–Crippen MR) is 109 cm³/mol. The molecule has 148 valence electrons. The van der Waals surface area contributed by atoms with E-state index in [0.717, 1.165) is 5.56 Å². The SMILES string of the molecule is Cc1ccc(S(=O)(=O)CC(=O)c2ccc[n+](CC(=O)Nc3ccccc3)c2)cc1. The van der Waals surface area contributed by atoms with E-state index in [1.54, 1.807) is 47.2 Å². The van der Waals surface area contributed by atoms with Gasteiger partial charge in [0.2, 0.25) is 6.54 Å². The van der Waals surface area contributed by atoms with Crippen molar-refractivity contribution in [1.82, 2.24) is 0 Å². The Balaban J connectivity index is 1.69. The lowest BCUT2D eigenvalue weighted by Crippen LogP contribution is -2.40. The monoisotopic (exact) mass is 409 g/mol. The molecule has 0 radical (unpaired) electrons. The van der Waals surface area contributed by atoms with Crippen molar-refractivity contribution in [3.63, 3.8) is 0 Å². The number of hydrogen-bond acceptors (Lipinski definition) is 4. The van der Waals surface area contributed by atoms with Gasteiger partial charge in [-0.25, -0.2) is 8.42 Å². The lowest BCUT2D eigenvalue weighted by Gasteiger charge is -2.05. The van der Waals surface area contributed by atoms with Crippen LogP contribution < -0.4 is 9.88 Å². The Kier molecular flexibility index (Phi) is 6.19. The second kappa shape index (κ2) is 8.79. The highest BCUT2D eigenvalue weighted by atomic mass is 32.2. The van der Waals surface area contributed by atoms with E-state index < -0.39 is 21.4 Å². The number of nitrogens with zero attached hydrogens (tertiary/aromatic N) is 1. The molecule has 3 aromatic rings. The zero-order chi connectivity index (χ0) is 20.9. The van der Waals surface area contributed by atoms with Crippen molar-refractivity contribution in [3.8, 4) is 0 Å². The maximum Gasteiger partial charge on any atom is 0.290 e. The van der Waals surface area contributed by atoms with Crippen molar-refractivity contribution in [1.29, 1.82) is 0 Å². The number of sulfone groups is 1. The second-order valence-corrected chi connectivity index (χ2v) is 8.66. The van der Waals surface area contributed by atoms with Gasteiger partial charge in [0.1, 0.15) is 5.75 Å². The maximum absolute atomic E-state index is 12.5. The Bertz CT molecular complexity index is 1120. The Morgan fingerprint density at radius 1 is 0.931 bits per heavy atom. The number of amides is 1. The van der Waals surface area contributed by atoms with Crippen LogP contribution in [0.2, 0.25) is 0 Å². The second-order valence-electron chi connectivity index (χ2n) is 6.67. The van der Waals surface area contributed by atoms with E-state index in [0.29, 0.717) is 5.69 Å². The third-order valence-electron chi connectivity index (χ3n) is 4.27. The van der Waals surface area contributed by atoms with Crippen molar-refractivity contribution in [2.24, 2.45) is 0 Å².